The molecule has 2 aromatic heterocycles. The number of anilines is 2. The first-order chi connectivity index (χ1) is 30.3. The molecule has 0 fully saturated rings. The van der Waals surface area contributed by atoms with Gasteiger partial charge in [-0.3, -0.25) is 29.1 Å². The van der Waals surface area contributed by atoms with Crippen LogP contribution >= 0.6 is 0 Å². The average Bonchev–Trinajstić information content (AvgIpc) is 3.30. The summed E-state index contributed by atoms with van der Waals surface area (Å²) in [5.41, 5.74) is 3.35. The summed E-state index contributed by atoms with van der Waals surface area (Å²) in [5, 5.41) is 24.7. The van der Waals surface area contributed by atoms with Gasteiger partial charge in [-0.1, -0.05) is 72.8 Å². The average molecular weight is 821 g/mol. The van der Waals surface area contributed by atoms with Gasteiger partial charge in [-0.15, -0.1) is 0 Å². The first-order valence-electron chi connectivity index (χ1n) is 19.8. The highest BCUT2D eigenvalue weighted by atomic mass is 16.5. The lowest BCUT2D eigenvalue weighted by Gasteiger charge is -2.20. The largest absolute Gasteiger partial charge is 0.508 e. The highest BCUT2D eigenvalue weighted by molar-refractivity contribution is 6.07. The number of carbonyl (C=O) groups excluding carboxylic acids is 4. The third-order valence-corrected chi connectivity index (χ3v) is 10.2. The Hall–Kier alpha value is -8.38. The molecule has 0 spiro atoms. The number of amides is 4. The normalized spacial score (nSPS) is 11.9. The lowest BCUT2D eigenvalue weighted by Crippen LogP contribution is -2.45. The van der Waals surface area contributed by atoms with Crippen molar-refractivity contribution in [1.82, 2.24) is 20.6 Å². The second-order valence-electron chi connectivity index (χ2n) is 14.6. The number of rotatable bonds is 14. The molecule has 0 aliphatic heterocycles. The van der Waals surface area contributed by atoms with Crippen LogP contribution in [-0.4, -0.2) is 50.8 Å². The number of phenols is 1. The number of ether oxygens (including phenoxy) is 1. The van der Waals surface area contributed by atoms with Crippen molar-refractivity contribution in [3.8, 4) is 17.2 Å². The van der Waals surface area contributed by atoms with E-state index < -0.39 is 23.9 Å². The summed E-state index contributed by atoms with van der Waals surface area (Å²) in [5.74, 6) is -0.652. The van der Waals surface area contributed by atoms with Crippen molar-refractivity contribution in [3.63, 3.8) is 0 Å². The Balaban J connectivity index is 1.01. The number of pyridine rings is 2. The number of aromatic hydroxyl groups is 1. The fraction of sp³-hybridized carbons (Fsp3) is 0.0800. The lowest BCUT2D eigenvalue weighted by atomic mass is 10.0. The van der Waals surface area contributed by atoms with E-state index in [4.69, 9.17) is 4.74 Å². The van der Waals surface area contributed by atoms with Gasteiger partial charge in [-0.05, 0) is 89.3 Å². The van der Waals surface area contributed by atoms with E-state index in [9.17, 15) is 24.3 Å². The predicted octanol–water partition coefficient (Wildman–Crippen LogP) is 8.24. The molecule has 12 nitrogen and oxygen atoms in total. The van der Waals surface area contributed by atoms with Gasteiger partial charge in [0, 0.05) is 76.7 Å². The molecule has 0 aliphatic rings. The van der Waals surface area contributed by atoms with Gasteiger partial charge in [0.2, 0.25) is 11.8 Å². The molecule has 8 rings (SSSR count). The highest BCUT2D eigenvalue weighted by Gasteiger charge is 2.25. The second-order valence-corrected chi connectivity index (χ2v) is 14.6. The molecular formula is C50H40N6O6. The molecule has 2 unspecified atom stereocenters. The maximum atomic E-state index is 14.1. The van der Waals surface area contributed by atoms with Gasteiger partial charge in [-0.25, -0.2) is 0 Å². The number of nitrogens with one attached hydrogen (secondary N) is 4. The van der Waals surface area contributed by atoms with Gasteiger partial charge in [0.25, 0.3) is 11.8 Å². The fourth-order valence-electron chi connectivity index (χ4n) is 7.02. The van der Waals surface area contributed by atoms with Gasteiger partial charge in [0.1, 0.15) is 29.3 Å². The van der Waals surface area contributed by atoms with E-state index in [0.717, 1.165) is 27.3 Å². The zero-order valence-electron chi connectivity index (χ0n) is 33.2. The number of phenolic OH excluding ortho intramolecular Hbond substituents is 1. The van der Waals surface area contributed by atoms with Crippen LogP contribution < -0.4 is 26.0 Å². The monoisotopic (exact) mass is 820 g/mol. The quantitative estimate of drug-likeness (QED) is 0.0730. The van der Waals surface area contributed by atoms with Crippen LogP contribution in [0.5, 0.6) is 17.2 Å². The SMILES string of the molecule is O=C(NC(Cc1ccc(Oc2cc(NC(=O)C(Cc3ccc(O)cc3)NC(=O)c3ccccc3)c3cnccc3c2)cc1)C(=O)Nc1cccc2cnccc12)c1ccccc1. The Morgan fingerprint density at radius 2 is 1.08 bits per heavy atom. The van der Waals surface area contributed by atoms with E-state index in [1.807, 2.05) is 48.5 Å². The topological polar surface area (TPSA) is 172 Å². The molecular weight excluding hydrogens is 781 g/mol. The molecule has 5 N–H and O–H groups in total. The molecule has 2 atom stereocenters. The van der Waals surface area contributed by atoms with Gasteiger partial charge in [0.05, 0.1) is 5.69 Å². The zero-order valence-corrected chi connectivity index (χ0v) is 33.2. The molecule has 12 heteroatoms. The molecule has 0 saturated heterocycles. The van der Waals surface area contributed by atoms with Gasteiger partial charge < -0.3 is 31.1 Å². The maximum Gasteiger partial charge on any atom is 0.251 e. The van der Waals surface area contributed by atoms with Crippen LogP contribution in [0.1, 0.15) is 31.8 Å². The molecule has 6 aromatic carbocycles. The van der Waals surface area contributed by atoms with Crippen LogP contribution in [0.3, 0.4) is 0 Å². The minimum absolute atomic E-state index is 0.0865. The molecule has 0 saturated carbocycles. The van der Waals surface area contributed by atoms with Crippen LogP contribution in [0.25, 0.3) is 21.5 Å². The summed E-state index contributed by atoms with van der Waals surface area (Å²) < 4.78 is 6.33. The maximum absolute atomic E-state index is 14.1. The Morgan fingerprint density at radius 3 is 1.71 bits per heavy atom. The lowest BCUT2D eigenvalue weighted by molar-refractivity contribution is -0.118. The summed E-state index contributed by atoms with van der Waals surface area (Å²) in [4.78, 5) is 63.0. The third kappa shape index (κ3) is 9.89. The van der Waals surface area contributed by atoms with Crippen LogP contribution in [-0.2, 0) is 22.4 Å². The molecule has 0 bridgehead atoms. The smallest absolute Gasteiger partial charge is 0.251 e. The van der Waals surface area contributed by atoms with E-state index in [0.29, 0.717) is 39.4 Å². The van der Waals surface area contributed by atoms with E-state index in [1.54, 1.807) is 116 Å². The zero-order chi connectivity index (χ0) is 42.8. The van der Waals surface area contributed by atoms with Crippen molar-refractivity contribution in [2.24, 2.45) is 0 Å². The molecule has 306 valence electrons. The molecule has 62 heavy (non-hydrogen) atoms. The highest BCUT2D eigenvalue weighted by Crippen LogP contribution is 2.32. The van der Waals surface area contributed by atoms with E-state index in [-0.39, 0.29) is 30.4 Å². The van der Waals surface area contributed by atoms with Crippen LogP contribution in [0.4, 0.5) is 11.4 Å². The molecule has 0 radical (unpaired) electrons. The second kappa shape index (κ2) is 18.7. The fourth-order valence-corrected chi connectivity index (χ4v) is 7.02. The van der Waals surface area contributed by atoms with Crippen LogP contribution in [0, 0.1) is 0 Å². The van der Waals surface area contributed by atoms with Crippen molar-refractivity contribution in [1.29, 1.82) is 0 Å². The van der Waals surface area contributed by atoms with Crippen LogP contribution in [0.15, 0.2) is 176 Å². The number of carbonyl (C=O) groups is 4. The third-order valence-electron chi connectivity index (χ3n) is 10.2. The summed E-state index contributed by atoms with van der Waals surface area (Å²) in [6.07, 6.45) is 7.00. The van der Waals surface area contributed by atoms with Crippen molar-refractivity contribution >= 4 is 56.5 Å². The first kappa shape index (κ1) is 40.4. The first-order valence-corrected chi connectivity index (χ1v) is 19.8. The summed E-state index contributed by atoms with van der Waals surface area (Å²) in [7, 11) is 0. The van der Waals surface area contributed by atoms with E-state index in [2.05, 4.69) is 31.2 Å². The Bertz CT molecular complexity index is 2870. The number of benzene rings is 6. The van der Waals surface area contributed by atoms with Crippen molar-refractivity contribution in [2.45, 2.75) is 24.9 Å². The van der Waals surface area contributed by atoms with Crippen molar-refractivity contribution in [2.75, 3.05) is 10.6 Å². The Morgan fingerprint density at radius 1 is 0.516 bits per heavy atom. The molecule has 8 aromatic rings. The van der Waals surface area contributed by atoms with Crippen LogP contribution in [0.2, 0.25) is 0 Å². The summed E-state index contributed by atoms with van der Waals surface area (Å²) >= 11 is 0. The van der Waals surface area contributed by atoms with Gasteiger partial charge in [-0.2, -0.15) is 0 Å². The van der Waals surface area contributed by atoms with Gasteiger partial charge >= 0.3 is 0 Å². The Labute approximate surface area is 356 Å². The number of hydrogen-bond donors (Lipinski definition) is 5. The summed E-state index contributed by atoms with van der Waals surface area (Å²) in [6.45, 7) is 0. The minimum Gasteiger partial charge on any atom is -0.508 e. The van der Waals surface area contributed by atoms with E-state index >= 15 is 0 Å². The number of fused-ring (bicyclic) bond motifs is 2. The predicted molar refractivity (Wildman–Crippen MR) is 238 cm³/mol. The Kier molecular flexibility index (Phi) is 12.2. The van der Waals surface area contributed by atoms with Crippen molar-refractivity contribution in [3.05, 3.63) is 199 Å². The molecule has 4 amide bonds. The number of nitrogens with zero attached hydrogens (tertiary/aromatic N) is 2. The molecule has 0 aliphatic carbocycles. The standard InChI is InChI=1S/C50H40N6O6/c57-38-18-14-32(15-19-38)26-46(56-48(59)35-10-5-2-6-11-35)50(61)54-44-29-40(28-36-22-24-52-31-42(36)44)62-39-20-16-33(17-21-39)27-45(55-47(58)34-8-3-1-4-9-34)49(60)53-43-13-7-12-37-30-51-25-23-41(37)43/h1-25,28-31,45-46,57H,26-27H2,(H,53,60)(H,54,61)(H,55,58)(H,56,59). The summed E-state index contributed by atoms with van der Waals surface area (Å²) in [6, 6.07) is 41.8. The van der Waals surface area contributed by atoms with E-state index in [1.165, 1.54) is 12.1 Å². The molecule has 2 heterocycles. The van der Waals surface area contributed by atoms with Gasteiger partial charge in [0.15, 0.2) is 0 Å². The minimum atomic E-state index is -0.983. The number of aromatic nitrogens is 2. The van der Waals surface area contributed by atoms with Crippen molar-refractivity contribution < 1.29 is 29.0 Å². The number of hydrogen-bond acceptors (Lipinski definition) is 8.